The Morgan fingerprint density at radius 2 is 1.08 bits per heavy atom. The van der Waals surface area contributed by atoms with Gasteiger partial charge in [-0.2, -0.15) is 0 Å². The molecule has 1 saturated heterocycles. The fourth-order valence-corrected chi connectivity index (χ4v) is 6.64. The fraction of sp³-hybridized carbons (Fsp3) is 0.841. The molecule has 7 unspecified atom stereocenters. The van der Waals surface area contributed by atoms with E-state index in [1.165, 1.54) is 103 Å². The third-order valence-electron chi connectivity index (χ3n) is 10.2. The number of amides is 1. The van der Waals surface area contributed by atoms with Crippen LogP contribution in [-0.2, 0) is 14.3 Å². The molecule has 1 aliphatic heterocycles. The quantitative estimate of drug-likeness (QED) is 0.0279. The van der Waals surface area contributed by atoms with Gasteiger partial charge in [-0.1, -0.05) is 153 Å². The highest BCUT2D eigenvalue weighted by Gasteiger charge is 2.44. The summed E-state index contributed by atoms with van der Waals surface area (Å²) in [6, 6.07) is -0.822. The molecule has 1 rings (SSSR count). The predicted octanol–water partition coefficient (Wildman–Crippen LogP) is 8.50. The minimum Gasteiger partial charge on any atom is -0.394 e. The van der Waals surface area contributed by atoms with Crippen LogP contribution in [0.3, 0.4) is 0 Å². The Bertz CT molecular complexity index is 925. The van der Waals surface area contributed by atoms with Gasteiger partial charge in [0.2, 0.25) is 5.91 Å². The van der Waals surface area contributed by atoms with E-state index in [-0.39, 0.29) is 12.5 Å². The van der Waals surface area contributed by atoms with Crippen LogP contribution in [0.5, 0.6) is 0 Å². The number of hydrogen-bond donors (Lipinski definition) is 6. The van der Waals surface area contributed by atoms with Crippen LogP contribution in [0, 0.1) is 0 Å². The Balaban J connectivity index is 2.39. The Kier molecular flexibility index (Phi) is 32.5. The zero-order chi connectivity index (χ0) is 38.8. The molecule has 1 amide bonds. The highest BCUT2D eigenvalue weighted by atomic mass is 16.7. The number of carbonyl (C=O) groups is 1. The summed E-state index contributed by atoms with van der Waals surface area (Å²) in [6.07, 6.45) is 34.7. The molecule has 0 aliphatic carbocycles. The molecule has 0 aromatic carbocycles. The molecular weight excluding hydrogens is 670 g/mol. The van der Waals surface area contributed by atoms with Crippen LogP contribution in [-0.4, -0.2) is 87.5 Å². The molecule has 0 radical (unpaired) electrons. The normalized spacial score (nSPS) is 22.0. The van der Waals surface area contributed by atoms with Gasteiger partial charge in [-0.15, -0.1) is 0 Å². The summed E-state index contributed by atoms with van der Waals surface area (Å²) >= 11 is 0. The highest BCUT2D eigenvalue weighted by Crippen LogP contribution is 2.22. The Labute approximate surface area is 323 Å². The van der Waals surface area contributed by atoms with E-state index in [1.54, 1.807) is 6.08 Å². The molecule has 1 heterocycles. The standard InChI is InChI=1S/C44H81NO8/c1-3-5-7-9-11-13-15-17-18-19-20-21-22-24-26-28-30-32-34-40(48)45-37(36-52-44-43(51)42(50)41(49)39(35-46)53-44)38(47)33-31-29-27-25-23-16-14-12-10-8-6-4-2/h20-21,23,25,31,33,37-39,41-44,46-47,49-51H,3-19,22,24,26-30,32,34-36H2,1-2H3,(H,45,48)/b21-20-,25-23+,33-31+. The molecule has 9 heteroatoms. The SMILES string of the molecule is CCCCCCCC/C=C/CC/C=C/C(O)C(COC1OC(CO)C(O)C(O)C1O)NC(=O)CCCCCCC/C=C\CCCCCCCCCCC. The molecule has 7 atom stereocenters. The zero-order valence-electron chi connectivity index (χ0n) is 33.8. The van der Waals surface area contributed by atoms with Crippen molar-refractivity contribution >= 4 is 5.91 Å². The molecule has 9 nitrogen and oxygen atoms in total. The first-order chi connectivity index (χ1) is 25.8. The molecule has 53 heavy (non-hydrogen) atoms. The number of ether oxygens (including phenoxy) is 2. The lowest BCUT2D eigenvalue weighted by molar-refractivity contribution is -0.302. The number of hydrogen-bond acceptors (Lipinski definition) is 8. The summed E-state index contributed by atoms with van der Waals surface area (Å²) in [5, 5.41) is 54.0. The van der Waals surface area contributed by atoms with Crippen LogP contribution in [0.1, 0.15) is 181 Å². The molecule has 1 aliphatic rings. The molecular formula is C44H81NO8. The van der Waals surface area contributed by atoms with Crippen molar-refractivity contribution in [3.8, 4) is 0 Å². The second-order valence-electron chi connectivity index (χ2n) is 15.1. The Hall–Kier alpha value is -1.59. The lowest BCUT2D eigenvalue weighted by Crippen LogP contribution is -2.60. The molecule has 0 aromatic rings. The van der Waals surface area contributed by atoms with E-state index in [9.17, 15) is 30.3 Å². The first-order valence-electron chi connectivity index (χ1n) is 21.7. The van der Waals surface area contributed by atoms with Crippen LogP contribution in [0.2, 0.25) is 0 Å². The van der Waals surface area contributed by atoms with Crippen molar-refractivity contribution in [3.63, 3.8) is 0 Å². The summed E-state index contributed by atoms with van der Waals surface area (Å²) in [5.74, 6) is -0.197. The van der Waals surface area contributed by atoms with Crippen molar-refractivity contribution < 1.29 is 39.8 Å². The summed E-state index contributed by atoms with van der Waals surface area (Å²) in [4.78, 5) is 12.9. The van der Waals surface area contributed by atoms with Gasteiger partial charge in [0, 0.05) is 6.42 Å². The molecule has 0 aromatic heterocycles. The number of nitrogens with one attached hydrogen (secondary N) is 1. The third-order valence-corrected chi connectivity index (χ3v) is 10.2. The van der Waals surface area contributed by atoms with E-state index < -0.39 is 49.5 Å². The Morgan fingerprint density at radius 3 is 1.58 bits per heavy atom. The minimum absolute atomic E-state index is 0.197. The van der Waals surface area contributed by atoms with E-state index in [0.717, 1.165) is 57.8 Å². The molecule has 0 spiro atoms. The highest BCUT2D eigenvalue weighted by molar-refractivity contribution is 5.76. The van der Waals surface area contributed by atoms with E-state index >= 15 is 0 Å². The van der Waals surface area contributed by atoms with Crippen LogP contribution in [0.4, 0.5) is 0 Å². The minimum atomic E-state index is -1.57. The first kappa shape index (κ1) is 49.4. The molecule has 0 saturated carbocycles. The van der Waals surface area contributed by atoms with Gasteiger partial charge in [0.25, 0.3) is 0 Å². The van der Waals surface area contributed by atoms with Crippen molar-refractivity contribution in [2.45, 2.75) is 224 Å². The number of allylic oxidation sites excluding steroid dienone is 5. The number of aliphatic hydroxyl groups excluding tert-OH is 5. The van der Waals surface area contributed by atoms with E-state index in [1.807, 2.05) is 6.08 Å². The van der Waals surface area contributed by atoms with Crippen molar-refractivity contribution in [1.29, 1.82) is 0 Å². The van der Waals surface area contributed by atoms with Crippen molar-refractivity contribution in [3.05, 3.63) is 36.5 Å². The van der Waals surface area contributed by atoms with Gasteiger partial charge >= 0.3 is 0 Å². The lowest BCUT2D eigenvalue weighted by atomic mass is 9.99. The van der Waals surface area contributed by atoms with Gasteiger partial charge in [0.05, 0.1) is 25.4 Å². The number of aliphatic hydroxyl groups is 5. The predicted molar refractivity (Wildman–Crippen MR) is 216 cm³/mol. The van der Waals surface area contributed by atoms with E-state index in [0.29, 0.717) is 6.42 Å². The number of rotatable bonds is 35. The largest absolute Gasteiger partial charge is 0.394 e. The smallest absolute Gasteiger partial charge is 0.220 e. The van der Waals surface area contributed by atoms with Gasteiger partial charge in [-0.05, 0) is 57.8 Å². The second-order valence-corrected chi connectivity index (χ2v) is 15.1. The fourth-order valence-electron chi connectivity index (χ4n) is 6.64. The number of unbranched alkanes of at least 4 members (excludes halogenated alkanes) is 21. The van der Waals surface area contributed by atoms with Gasteiger partial charge in [0.15, 0.2) is 6.29 Å². The third kappa shape index (κ3) is 26.0. The first-order valence-corrected chi connectivity index (χ1v) is 21.7. The maximum Gasteiger partial charge on any atom is 0.220 e. The van der Waals surface area contributed by atoms with Crippen LogP contribution in [0.15, 0.2) is 36.5 Å². The second kappa shape index (κ2) is 34.9. The van der Waals surface area contributed by atoms with Crippen molar-refractivity contribution in [1.82, 2.24) is 5.32 Å². The van der Waals surface area contributed by atoms with Crippen LogP contribution in [0.25, 0.3) is 0 Å². The van der Waals surface area contributed by atoms with E-state index in [4.69, 9.17) is 9.47 Å². The van der Waals surface area contributed by atoms with Gasteiger partial charge in [-0.25, -0.2) is 0 Å². The molecule has 1 fully saturated rings. The lowest BCUT2D eigenvalue weighted by Gasteiger charge is -2.40. The molecule has 0 bridgehead atoms. The average molecular weight is 752 g/mol. The van der Waals surface area contributed by atoms with Gasteiger partial charge in [0.1, 0.15) is 24.4 Å². The topological polar surface area (TPSA) is 149 Å². The number of carbonyl (C=O) groups excluding carboxylic acids is 1. The molecule has 310 valence electrons. The zero-order valence-corrected chi connectivity index (χ0v) is 33.8. The summed E-state index contributed by atoms with van der Waals surface area (Å²) in [5.41, 5.74) is 0. The summed E-state index contributed by atoms with van der Waals surface area (Å²) in [6.45, 7) is 3.72. The van der Waals surface area contributed by atoms with Crippen LogP contribution >= 0.6 is 0 Å². The maximum absolute atomic E-state index is 12.9. The monoisotopic (exact) mass is 752 g/mol. The average Bonchev–Trinajstić information content (AvgIpc) is 3.16. The van der Waals surface area contributed by atoms with Crippen molar-refractivity contribution in [2.75, 3.05) is 13.2 Å². The van der Waals surface area contributed by atoms with E-state index in [2.05, 4.69) is 43.5 Å². The molecule has 6 N–H and O–H groups in total. The van der Waals surface area contributed by atoms with Gasteiger partial charge in [-0.3, -0.25) is 4.79 Å². The maximum atomic E-state index is 12.9. The van der Waals surface area contributed by atoms with Gasteiger partial charge < -0.3 is 40.3 Å². The summed E-state index contributed by atoms with van der Waals surface area (Å²) in [7, 11) is 0. The Morgan fingerprint density at radius 1 is 0.623 bits per heavy atom. The summed E-state index contributed by atoms with van der Waals surface area (Å²) < 4.78 is 11.2. The van der Waals surface area contributed by atoms with Crippen LogP contribution < -0.4 is 5.32 Å². The van der Waals surface area contributed by atoms with Crippen molar-refractivity contribution in [2.24, 2.45) is 0 Å².